The molecule has 2 heterocycles. The Morgan fingerprint density at radius 3 is 2.89 bits per heavy atom. The molecule has 1 unspecified atom stereocenters. The zero-order chi connectivity index (χ0) is 20.1. The Hall–Kier alpha value is -2.52. The van der Waals surface area contributed by atoms with Crippen molar-refractivity contribution in [1.82, 2.24) is 20.0 Å². The third-order valence-electron chi connectivity index (χ3n) is 4.61. The van der Waals surface area contributed by atoms with Gasteiger partial charge in [0.1, 0.15) is 10.8 Å². The molecule has 0 aliphatic carbocycles. The second kappa shape index (κ2) is 9.11. The van der Waals surface area contributed by atoms with Gasteiger partial charge in [0.2, 0.25) is 16.9 Å². The van der Waals surface area contributed by atoms with E-state index in [0.717, 1.165) is 29.3 Å². The Balaban J connectivity index is 1.56. The quantitative estimate of drug-likeness (QED) is 0.721. The van der Waals surface area contributed by atoms with Crippen LogP contribution in [0.15, 0.2) is 24.3 Å². The van der Waals surface area contributed by atoms with Gasteiger partial charge < -0.3 is 19.9 Å². The summed E-state index contributed by atoms with van der Waals surface area (Å²) in [6.07, 6.45) is 0.989. The number of nitrogens with zero attached hydrogens (tertiary/aromatic N) is 4. The second-order valence-electron chi connectivity index (χ2n) is 7.03. The molecule has 2 amide bonds. The molecule has 1 aliphatic rings. The number of methoxy groups -OCH3 is 1. The lowest BCUT2D eigenvalue weighted by Crippen LogP contribution is -2.28. The molecule has 9 heteroatoms. The number of amides is 2. The van der Waals surface area contributed by atoms with Gasteiger partial charge >= 0.3 is 0 Å². The topological polar surface area (TPSA) is 87.7 Å². The minimum absolute atomic E-state index is 0.0324. The molecule has 3 rings (SSSR count). The van der Waals surface area contributed by atoms with E-state index in [1.54, 1.807) is 12.0 Å². The molecule has 0 saturated carbocycles. The molecule has 0 bridgehead atoms. The van der Waals surface area contributed by atoms with Gasteiger partial charge in [-0.1, -0.05) is 29.5 Å². The van der Waals surface area contributed by atoms with Crippen LogP contribution in [0.4, 0.5) is 5.13 Å². The van der Waals surface area contributed by atoms with Crippen LogP contribution in [0, 0.1) is 5.92 Å². The van der Waals surface area contributed by atoms with Gasteiger partial charge in [0.15, 0.2) is 0 Å². The van der Waals surface area contributed by atoms with E-state index in [9.17, 15) is 9.59 Å². The maximum Gasteiger partial charge on any atom is 0.231 e. The molecule has 1 fully saturated rings. The number of hydrogen-bond acceptors (Lipinski definition) is 7. The smallest absolute Gasteiger partial charge is 0.231 e. The first-order valence-corrected chi connectivity index (χ1v) is 9.95. The molecule has 1 aromatic carbocycles. The van der Waals surface area contributed by atoms with Gasteiger partial charge in [0.05, 0.1) is 13.0 Å². The Labute approximate surface area is 168 Å². The van der Waals surface area contributed by atoms with Crippen LogP contribution in [0.5, 0.6) is 5.75 Å². The summed E-state index contributed by atoms with van der Waals surface area (Å²) in [5.74, 6) is 0.125. The first-order valence-electron chi connectivity index (χ1n) is 9.14. The lowest BCUT2D eigenvalue weighted by atomic mass is 10.1. The number of anilines is 1. The normalized spacial score (nSPS) is 16.6. The average Bonchev–Trinajstić information content (AvgIpc) is 3.27. The van der Waals surface area contributed by atoms with Gasteiger partial charge in [0.25, 0.3) is 0 Å². The number of carbonyl (C=O) groups is 2. The van der Waals surface area contributed by atoms with Crippen molar-refractivity contribution in [2.75, 3.05) is 39.6 Å². The van der Waals surface area contributed by atoms with Crippen LogP contribution in [0.3, 0.4) is 0 Å². The van der Waals surface area contributed by atoms with Crippen molar-refractivity contribution in [2.45, 2.75) is 19.4 Å². The van der Waals surface area contributed by atoms with Gasteiger partial charge in [-0.25, -0.2) is 0 Å². The molecular formula is C19H25N5O3S. The van der Waals surface area contributed by atoms with E-state index in [4.69, 9.17) is 4.74 Å². The lowest BCUT2D eigenvalue weighted by molar-refractivity contribution is -0.128. The van der Waals surface area contributed by atoms with Crippen molar-refractivity contribution in [2.24, 2.45) is 5.92 Å². The number of likely N-dealkylation sites (tertiary alicyclic amines) is 1. The van der Waals surface area contributed by atoms with Gasteiger partial charge in [-0.05, 0) is 20.2 Å². The Kier molecular flexibility index (Phi) is 6.58. The summed E-state index contributed by atoms with van der Waals surface area (Å²) < 4.78 is 5.35. The highest BCUT2D eigenvalue weighted by Gasteiger charge is 2.35. The van der Waals surface area contributed by atoms with Gasteiger partial charge in [-0.3, -0.25) is 9.59 Å². The summed E-state index contributed by atoms with van der Waals surface area (Å²) in [4.78, 5) is 28.7. The molecule has 1 N–H and O–H groups in total. The highest BCUT2D eigenvalue weighted by atomic mass is 32.1. The highest BCUT2D eigenvalue weighted by molar-refractivity contribution is 7.15. The fraction of sp³-hybridized carbons (Fsp3) is 0.474. The molecule has 1 saturated heterocycles. The number of aromatic nitrogens is 2. The fourth-order valence-corrected chi connectivity index (χ4v) is 3.80. The zero-order valence-electron chi connectivity index (χ0n) is 16.3. The third kappa shape index (κ3) is 5.05. The first kappa shape index (κ1) is 20.2. The molecule has 0 spiro atoms. The minimum atomic E-state index is -0.392. The maximum absolute atomic E-state index is 12.6. The zero-order valence-corrected chi connectivity index (χ0v) is 17.2. The molecule has 0 radical (unpaired) electrons. The largest absolute Gasteiger partial charge is 0.496 e. The SMILES string of the molecule is COc1ccccc1CN1CC(C(=O)Nc2nnc(CCN(C)C)s2)CC1=O. The summed E-state index contributed by atoms with van der Waals surface area (Å²) in [6.45, 7) is 1.69. The minimum Gasteiger partial charge on any atom is -0.496 e. The summed E-state index contributed by atoms with van der Waals surface area (Å²) in [5.41, 5.74) is 0.925. The summed E-state index contributed by atoms with van der Waals surface area (Å²) in [5, 5.41) is 12.3. The van der Waals surface area contributed by atoms with Crippen LogP contribution in [-0.2, 0) is 22.6 Å². The molecule has 8 nitrogen and oxygen atoms in total. The third-order valence-corrected chi connectivity index (χ3v) is 5.51. The average molecular weight is 404 g/mol. The van der Waals surface area contributed by atoms with Crippen molar-refractivity contribution in [3.05, 3.63) is 34.8 Å². The van der Waals surface area contributed by atoms with Crippen molar-refractivity contribution >= 4 is 28.3 Å². The number of ether oxygens (including phenoxy) is 1. The van der Waals surface area contributed by atoms with Gasteiger partial charge in [-0.2, -0.15) is 0 Å². The van der Waals surface area contributed by atoms with E-state index in [2.05, 4.69) is 20.4 Å². The highest BCUT2D eigenvalue weighted by Crippen LogP contribution is 2.26. The van der Waals surface area contributed by atoms with Gasteiger partial charge in [-0.15, -0.1) is 10.2 Å². The molecular weight excluding hydrogens is 378 g/mol. The number of hydrogen-bond donors (Lipinski definition) is 1. The standard InChI is InChI=1S/C19H25N5O3S/c1-23(2)9-8-16-21-22-19(28-16)20-18(26)14-10-17(25)24(12-14)11-13-6-4-5-7-15(13)27-3/h4-7,14H,8-12H2,1-3H3,(H,20,22,26). The van der Waals surface area contributed by atoms with E-state index < -0.39 is 5.92 Å². The number of likely N-dealkylation sites (N-methyl/N-ethyl adjacent to an activating group) is 1. The first-order chi connectivity index (χ1) is 13.5. The molecule has 1 aliphatic heterocycles. The van der Waals surface area contributed by atoms with Crippen molar-refractivity contribution in [3.8, 4) is 5.75 Å². The number of para-hydroxylation sites is 1. The van der Waals surface area contributed by atoms with E-state index in [-0.39, 0.29) is 18.2 Å². The predicted octanol–water partition coefficient (Wildman–Crippen LogP) is 1.64. The Morgan fingerprint density at radius 2 is 2.14 bits per heavy atom. The van der Waals surface area contributed by atoms with Crippen molar-refractivity contribution < 1.29 is 14.3 Å². The van der Waals surface area contributed by atoms with Crippen LogP contribution in [0.2, 0.25) is 0 Å². The monoisotopic (exact) mass is 403 g/mol. The predicted molar refractivity (Wildman–Crippen MR) is 107 cm³/mol. The Bertz CT molecular complexity index is 838. The van der Waals surface area contributed by atoms with Crippen LogP contribution < -0.4 is 10.1 Å². The van der Waals surface area contributed by atoms with Crippen LogP contribution in [0.1, 0.15) is 17.0 Å². The van der Waals surface area contributed by atoms with Crippen LogP contribution in [-0.4, -0.2) is 66.1 Å². The van der Waals surface area contributed by atoms with E-state index >= 15 is 0 Å². The number of carbonyl (C=O) groups excluding carboxylic acids is 2. The molecule has 28 heavy (non-hydrogen) atoms. The number of nitrogens with one attached hydrogen (secondary N) is 1. The maximum atomic E-state index is 12.6. The molecule has 1 aromatic heterocycles. The van der Waals surface area contributed by atoms with Crippen molar-refractivity contribution in [3.63, 3.8) is 0 Å². The van der Waals surface area contributed by atoms with E-state index in [0.29, 0.717) is 18.2 Å². The van der Waals surface area contributed by atoms with Crippen LogP contribution in [0.25, 0.3) is 0 Å². The molecule has 1 atom stereocenters. The summed E-state index contributed by atoms with van der Waals surface area (Å²) >= 11 is 1.38. The second-order valence-corrected chi connectivity index (χ2v) is 8.09. The fourth-order valence-electron chi connectivity index (χ4n) is 3.07. The van der Waals surface area contributed by atoms with Crippen LogP contribution >= 0.6 is 11.3 Å². The van der Waals surface area contributed by atoms with E-state index in [1.165, 1.54) is 11.3 Å². The Morgan fingerprint density at radius 1 is 1.36 bits per heavy atom. The van der Waals surface area contributed by atoms with Gasteiger partial charge in [0, 0.05) is 38.0 Å². The number of rotatable bonds is 8. The summed E-state index contributed by atoms with van der Waals surface area (Å²) in [6, 6.07) is 7.59. The molecule has 2 aromatic rings. The summed E-state index contributed by atoms with van der Waals surface area (Å²) in [7, 11) is 5.60. The van der Waals surface area contributed by atoms with E-state index in [1.807, 2.05) is 38.4 Å². The molecule has 150 valence electrons. The lowest BCUT2D eigenvalue weighted by Gasteiger charge is -2.18. The number of benzene rings is 1. The van der Waals surface area contributed by atoms with Crippen molar-refractivity contribution in [1.29, 1.82) is 0 Å².